The van der Waals surface area contributed by atoms with Crippen molar-refractivity contribution in [1.29, 1.82) is 0 Å². The number of aryl methyl sites for hydroxylation is 2. The minimum Gasteiger partial charge on any atom is -0.474 e. The van der Waals surface area contributed by atoms with Gasteiger partial charge in [-0.2, -0.15) is 0 Å². The Morgan fingerprint density at radius 2 is 1.96 bits per heavy atom. The first-order chi connectivity index (χ1) is 13.3. The zero-order valence-corrected chi connectivity index (χ0v) is 16.8. The van der Waals surface area contributed by atoms with Crippen LogP contribution in [0.25, 0.3) is 0 Å². The molecular weight excluding hydrogens is 354 g/mol. The summed E-state index contributed by atoms with van der Waals surface area (Å²) in [7, 11) is 0. The summed E-state index contributed by atoms with van der Waals surface area (Å²) in [5, 5.41) is 13.5. The summed E-state index contributed by atoms with van der Waals surface area (Å²) in [4.78, 5) is 24.6. The van der Waals surface area contributed by atoms with E-state index in [-0.39, 0.29) is 0 Å². The number of hydrogen-bond donors (Lipinski definition) is 2. The first kappa shape index (κ1) is 20.1. The van der Waals surface area contributed by atoms with Crippen molar-refractivity contribution in [2.45, 2.75) is 58.3 Å². The highest BCUT2D eigenvalue weighted by atomic mass is 16.5. The average Bonchev–Trinajstić information content (AvgIpc) is 2.68. The summed E-state index contributed by atoms with van der Waals surface area (Å²) >= 11 is 0. The fraction of sp³-hybridized carbons (Fsp3) is 0.391. The van der Waals surface area contributed by atoms with Crippen molar-refractivity contribution < 1.29 is 19.4 Å². The maximum absolute atomic E-state index is 13.0. The van der Waals surface area contributed by atoms with Gasteiger partial charge in [-0.15, -0.1) is 0 Å². The van der Waals surface area contributed by atoms with Crippen LogP contribution in [0.3, 0.4) is 0 Å². The SMILES string of the molecule is Cc1cc(C)c2c(c1C)O[C@@](C)(C(=O)N[C@H](C=O)Cc1ccccc1)C(O)C2. The van der Waals surface area contributed by atoms with Gasteiger partial charge in [-0.1, -0.05) is 36.4 Å². The van der Waals surface area contributed by atoms with Gasteiger partial charge in [-0.05, 0) is 56.4 Å². The molecule has 2 aromatic rings. The van der Waals surface area contributed by atoms with Crippen LogP contribution >= 0.6 is 0 Å². The van der Waals surface area contributed by atoms with Crippen molar-refractivity contribution in [1.82, 2.24) is 5.32 Å². The van der Waals surface area contributed by atoms with Gasteiger partial charge in [0, 0.05) is 12.0 Å². The molecule has 0 bridgehead atoms. The molecule has 1 unspecified atom stereocenters. The molecule has 1 aliphatic heterocycles. The highest BCUT2D eigenvalue weighted by Crippen LogP contribution is 2.39. The molecule has 2 N–H and O–H groups in total. The highest BCUT2D eigenvalue weighted by molar-refractivity contribution is 5.88. The lowest BCUT2D eigenvalue weighted by molar-refractivity contribution is -0.149. The lowest BCUT2D eigenvalue weighted by Gasteiger charge is -2.40. The molecular formula is C23H27NO4. The Hall–Kier alpha value is -2.66. The van der Waals surface area contributed by atoms with Gasteiger partial charge in [-0.3, -0.25) is 4.79 Å². The van der Waals surface area contributed by atoms with Gasteiger partial charge in [0.15, 0.2) is 0 Å². The Labute approximate surface area is 165 Å². The first-order valence-electron chi connectivity index (χ1n) is 9.53. The van der Waals surface area contributed by atoms with Gasteiger partial charge >= 0.3 is 0 Å². The Morgan fingerprint density at radius 3 is 2.61 bits per heavy atom. The zero-order valence-electron chi connectivity index (χ0n) is 16.8. The van der Waals surface area contributed by atoms with E-state index in [1.807, 2.05) is 51.1 Å². The normalized spacial score (nSPS) is 22.0. The van der Waals surface area contributed by atoms with E-state index >= 15 is 0 Å². The highest BCUT2D eigenvalue weighted by Gasteiger charge is 2.48. The number of rotatable bonds is 5. The third-order valence-corrected chi connectivity index (χ3v) is 5.69. The van der Waals surface area contributed by atoms with Crippen molar-refractivity contribution in [3.8, 4) is 5.75 Å². The third kappa shape index (κ3) is 3.67. The number of aldehydes is 1. The molecule has 5 nitrogen and oxygen atoms in total. The van der Waals surface area contributed by atoms with Crippen LogP contribution in [0.5, 0.6) is 5.75 Å². The van der Waals surface area contributed by atoms with Crippen LogP contribution in [0.4, 0.5) is 0 Å². The quantitative estimate of drug-likeness (QED) is 0.781. The lowest BCUT2D eigenvalue weighted by Crippen LogP contribution is -2.61. The molecule has 0 fully saturated rings. The molecule has 1 amide bonds. The van der Waals surface area contributed by atoms with Crippen molar-refractivity contribution in [3.05, 3.63) is 64.2 Å². The van der Waals surface area contributed by atoms with Crippen LogP contribution in [-0.2, 0) is 22.4 Å². The van der Waals surface area contributed by atoms with E-state index in [0.717, 1.165) is 34.1 Å². The minimum absolute atomic E-state index is 0.330. The van der Waals surface area contributed by atoms with Gasteiger partial charge in [0.05, 0.1) is 6.04 Å². The predicted octanol–water partition coefficient (Wildman–Crippen LogP) is 2.59. The maximum Gasteiger partial charge on any atom is 0.267 e. The molecule has 0 saturated carbocycles. The number of benzene rings is 2. The van der Waals surface area contributed by atoms with Crippen LogP contribution < -0.4 is 10.1 Å². The molecule has 148 valence electrons. The second kappa shape index (κ2) is 7.76. The van der Waals surface area contributed by atoms with Gasteiger partial charge in [0.25, 0.3) is 5.91 Å². The molecule has 0 aliphatic carbocycles. The molecule has 0 spiro atoms. The van der Waals surface area contributed by atoms with Gasteiger partial charge in [0.1, 0.15) is 18.1 Å². The fourth-order valence-electron chi connectivity index (χ4n) is 3.68. The number of nitrogens with one attached hydrogen (secondary N) is 1. The van der Waals surface area contributed by atoms with Crippen LogP contribution in [0.2, 0.25) is 0 Å². The number of carbonyl (C=O) groups is 2. The first-order valence-corrected chi connectivity index (χ1v) is 9.53. The number of hydrogen-bond acceptors (Lipinski definition) is 4. The van der Waals surface area contributed by atoms with Gasteiger partial charge < -0.3 is 20.0 Å². The molecule has 0 aromatic heterocycles. The molecule has 1 aliphatic rings. The van der Waals surface area contributed by atoms with E-state index in [2.05, 4.69) is 11.4 Å². The molecule has 3 atom stereocenters. The standard InChI is InChI=1S/C23H27NO4/c1-14-10-15(2)19-12-20(26)23(4,28-21(19)16(14)3)22(27)24-18(13-25)11-17-8-6-5-7-9-17/h5-10,13,18,20,26H,11-12H2,1-4H3,(H,24,27)/t18-,20?,23+/m0/s1. The molecule has 3 rings (SSSR count). The Bertz CT molecular complexity index is 893. The monoisotopic (exact) mass is 381 g/mol. The average molecular weight is 381 g/mol. The number of ether oxygens (including phenoxy) is 1. The fourth-order valence-corrected chi connectivity index (χ4v) is 3.68. The summed E-state index contributed by atoms with van der Waals surface area (Å²) in [6.07, 6.45) is 0.425. The summed E-state index contributed by atoms with van der Waals surface area (Å²) in [5.74, 6) is 0.170. The van der Waals surface area contributed by atoms with E-state index < -0.39 is 23.7 Å². The number of aliphatic hydroxyl groups is 1. The topological polar surface area (TPSA) is 75.6 Å². The largest absolute Gasteiger partial charge is 0.474 e. The van der Waals surface area contributed by atoms with Crippen LogP contribution in [0.15, 0.2) is 36.4 Å². The molecule has 28 heavy (non-hydrogen) atoms. The molecule has 1 heterocycles. The summed E-state index contributed by atoms with van der Waals surface area (Å²) < 4.78 is 6.10. The molecule has 2 aromatic carbocycles. The van der Waals surface area contributed by atoms with Gasteiger partial charge in [0.2, 0.25) is 5.60 Å². The number of fused-ring (bicyclic) bond motifs is 1. The van der Waals surface area contributed by atoms with Crippen LogP contribution in [0.1, 0.15) is 34.7 Å². The Balaban J connectivity index is 1.83. The van der Waals surface area contributed by atoms with Crippen molar-refractivity contribution in [2.24, 2.45) is 0 Å². The maximum atomic E-state index is 13.0. The van der Waals surface area contributed by atoms with E-state index in [4.69, 9.17) is 4.74 Å². The second-order valence-corrected chi connectivity index (χ2v) is 7.78. The number of carbonyl (C=O) groups excluding carboxylic acids is 2. The Kier molecular flexibility index (Phi) is 5.57. The Morgan fingerprint density at radius 1 is 1.29 bits per heavy atom. The lowest BCUT2D eigenvalue weighted by atomic mass is 9.85. The van der Waals surface area contributed by atoms with E-state index in [0.29, 0.717) is 18.6 Å². The summed E-state index contributed by atoms with van der Waals surface area (Å²) in [6.45, 7) is 7.51. The van der Waals surface area contributed by atoms with Crippen molar-refractivity contribution in [2.75, 3.05) is 0 Å². The van der Waals surface area contributed by atoms with Crippen LogP contribution in [-0.4, -0.2) is 35.0 Å². The molecule has 5 heteroatoms. The number of aliphatic hydroxyl groups excluding tert-OH is 1. The van der Waals surface area contributed by atoms with E-state index in [9.17, 15) is 14.7 Å². The van der Waals surface area contributed by atoms with Crippen LogP contribution in [0, 0.1) is 20.8 Å². The van der Waals surface area contributed by atoms with Gasteiger partial charge in [-0.25, -0.2) is 0 Å². The minimum atomic E-state index is -1.46. The molecule has 0 radical (unpaired) electrons. The van der Waals surface area contributed by atoms with Crippen molar-refractivity contribution in [3.63, 3.8) is 0 Å². The van der Waals surface area contributed by atoms with E-state index in [1.54, 1.807) is 6.92 Å². The summed E-state index contributed by atoms with van der Waals surface area (Å²) in [5.41, 5.74) is 3.48. The number of amides is 1. The zero-order chi connectivity index (χ0) is 20.5. The predicted molar refractivity (Wildman–Crippen MR) is 108 cm³/mol. The second-order valence-electron chi connectivity index (χ2n) is 7.78. The smallest absolute Gasteiger partial charge is 0.267 e. The summed E-state index contributed by atoms with van der Waals surface area (Å²) in [6, 6.07) is 10.9. The van der Waals surface area contributed by atoms with Crippen molar-refractivity contribution >= 4 is 12.2 Å². The third-order valence-electron chi connectivity index (χ3n) is 5.69. The van der Waals surface area contributed by atoms with E-state index in [1.165, 1.54) is 0 Å². The molecule has 0 saturated heterocycles.